The third kappa shape index (κ3) is 9.27. The average Bonchev–Trinajstić information content (AvgIpc) is 2.66. The van der Waals surface area contributed by atoms with E-state index in [1.807, 2.05) is 0 Å². The minimum absolute atomic E-state index is 0.430. The molecule has 9 N–H and O–H groups in total. The van der Waals surface area contributed by atoms with Crippen LogP contribution in [0.3, 0.4) is 0 Å². The fourth-order valence-corrected chi connectivity index (χ4v) is 2.46. The Morgan fingerprint density at radius 3 is 1.71 bits per heavy atom. The molecule has 13 heteroatoms. The molecule has 7 unspecified atom stereocenters. The van der Waals surface area contributed by atoms with Gasteiger partial charge < -0.3 is 42.1 Å². The number of rotatable bonds is 13. The van der Waals surface area contributed by atoms with E-state index in [-0.39, 0.29) is 0 Å². The van der Waals surface area contributed by atoms with Crippen molar-refractivity contribution in [2.45, 2.75) is 76.9 Å². The van der Waals surface area contributed by atoms with Crippen LogP contribution in [-0.2, 0) is 24.0 Å². The highest BCUT2D eigenvalue weighted by Crippen LogP contribution is 2.09. The molecule has 0 rings (SSSR count). The fourth-order valence-electron chi connectivity index (χ4n) is 2.46. The molecular formula is C18H32N4O9. The molecule has 13 nitrogen and oxygen atoms in total. The lowest BCUT2D eigenvalue weighted by Crippen LogP contribution is -2.61. The quantitative estimate of drug-likeness (QED) is 0.144. The Hall–Kier alpha value is -2.77. The van der Waals surface area contributed by atoms with Crippen LogP contribution in [0.5, 0.6) is 0 Å². The molecule has 0 saturated carbocycles. The number of hydrogen-bond acceptors (Lipinski definition) is 8. The summed E-state index contributed by atoms with van der Waals surface area (Å²) in [5, 5.41) is 44.0. The largest absolute Gasteiger partial charge is 0.481 e. The molecule has 178 valence electrons. The van der Waals surface area contributed by atoms with Crippen molar-refractivity contribution in [1.29, 1.82) is 0 Å². The number of aliphatic hydroxyl groups excluding tert-OH is 2. The molecule has 0 aliphatic carbocycles. The number of aliphatic hydroxyl groups is 2. The summed E-state index contributed by atoms with van der Waals surface area (Å²) in [6, 6.07) is -6.02. The zero-order valence-corrected chi connectivity index (χ0v) is 17.9. The summed E-state index contributed by atoms with van der Waals surface area (Å²) in [4.78, 5) is 59.5. The zero-order valence-electron chi connectivity index (χ0n) is 17.9. The Morgan fingerprint density at radius 2 is 1.32 bits per heavy atom. The maximum absolute atomic E-state index is 12.5. The highest BCUT2D eigenvalue weighted by atomic mass is 16.4. The van der Waals surface area contributed by atoms with Crippen LogP contribution in [0.2, 0.25) is 0 Å². The molecule has 0 aliphatic heterocycles. The van der Waals surface area contributed by atoms with E-state index in [1.54, 1.807) is 13.8 Å². The minimum atomic E-state index is -1.67. The SMILES string of the molecule is CCC(C)C(NC(=O)C(NC(=O)C(CC(=O)O)NC(=O)C(N)C(C)O)C(C)O)C(=O)O. The first kappa shape index (κ1) is 28.2. The topological polar surface area (TPSA) is 228 Å². The first-order valence-corrected chi connectivity index (χ1v) is 9.70. The summed E-state index contributed by atoms with van der Waals surface area (Å²) in [7, 11) is 0. The van der Waals surface area contributed by atoms with Crippen molar-refractivity contribution in [3.05, 3.63) is 0 Å². The van der Waals surface area contributed by atoms with Crippen LogP contribution in [0.1, 0.15) is 40.5 Å². The Morgan fingerprint density at radius 1 is 0.806 bits per heavy atom. The van der Waals surface area contributed by atoms with Gasteiger partial charge in [-0.3, -0.25) is 19.2 Å². The number of amides is 3. The molecule has 0 aromatic heterocycles. The van der Waals surface area contributed by atoms with E-state index in [4.69, 9.17) is 10.8 Å². The average molecular weight is 448 g/mol. The van der Waals surface area contributed by atoms with Gasteiger partial charge in [-0.25, -0.2) is 4.79 Å². The molecule has 0 bridgehead atoms. The first-order chi connectivity index (χ1) is 14.2. The number of nitrogens with one attached hydrogen (secondary N) is 3. The number of carbonyl (C=O) groups excluding carboxylic acids is 3. The molecule has 0 radical (unpaired) electrons. The standard InChI is InChI=1S/C18H32N4O9/c1-5-7(2)13(18(30)31)21-17(29)14(9(4)24)22-15(27)10(6-11(25)26)20-16(28)12(19)8(3)23/h7-10,12-14,23-24H,5-6,19H2,1-4H3,(H,20,28)(H,21,29)(H,22,27)(H,25,26)(H,30,31). The summed E-state index contributed by atoms with van der Waals surface area (Å²) < 4.78 is 0. The molecule has 3 amide bonds. The number of aliphatic carboxylic acids is 2. The molecule has 7 atom stereocenters. The molecule has 0 heterocycles. The molecule has 0 spiro atoms. The van der Waals surface area contributed by atoms with Gasteiger partial charge in [0.15, 0.2) is 0 Å². The Labute approximate surface area is 179 Å². The number of nitrogens with two attached hydrogens (primary N) is 1. The summed E-state index contributed by atoms with van der Waals surface area (Å²) in [6.07, 6.45) is -3.20. The van der Waals surface area contributed by atoms with Gasteiger partial charge in [-0.1, -0.05) is 20.3 Å². The normalized spacial score (nSPS) is 17.8. The van der Waals surface area contributed by atoms with Crippen LogP contribution in [0.4, 0.5) is 0 Å². The molecule has 31 heavy (non-hydrogen) atoms. The molecule has 0 aromatic carbocycles. The first-order valence-electron chi connectivity index (χ1n) is 9.70. The van der Waals surface area contributed by atoms with Crippen LogP contribution >= 0.6 is 0 Å². The van der Waals surface area contributed by atoms with Gasteiger partial charge in [-0.2, -0.15) is 0 Å². The van der Waals surface area contributed by atoms with Crippen LogP contribution in [0, 0.1) is 5.92 Å². The second kappa shape index (κ2) is 12.8. The van der Waals surface area contributed by atoms with Crippen molar-refractivity contribution < 1.29 is 44.4 Å². The highest BCUT2D eigenvalue weighted by molar-refractivity contribution is 5.96. The highest BCUT2D eigenvalue weighted by Gasteiger charge is 2.34. The number of hydrogen-bond donors (Lipinski definition) is 8. The predicted octanol–water partition coefficient (Wildman–Crippen LogP) is -2.86. The van der Waals surface area contributed by atoms with Crippen molar-refractivity contribution >= 4 is 29.7 Å². The van der Waals surface area contributed by atoms with Crippen molar-refractivity contribution in [2.75, 3.05) is 0 Å². The molecular weight excluding hydrogens is 416 g/mol. The Kier molecular flexibility index (Phi) is 11.7. The summed E-state index contributed by atoms with van der Waals surface area (Å²) in [5.41, 5.74) is 5.46. The van der Waals surface area contributed by atoms with Gasteiger partial charge in [-0.15, -0.1) is 0 Å². The number of carboxylic acid groups (broad SMARTS) is 2. The predicted molar refractivity (Wildman–Crippen MR) is 106 cm³/mol. The third-order valence-electron chi connectivity index (χ3n) is 4.67. The third-order valence-corrected chi connectivity index (χ3v) is 4.67. The summed E-state index contributed by atoms with van der Waals surface area (Å²) in [6.45, 7) is 5.70. The van der Waals surface area contributed by atoms with E-state index < -0.39 is 78.4 Å². The van der Waals surface area contributed by atoms with E-state index in [0.717, 1.165) is 6.92 Å². The lowest BCUT2D eigenvalue weighted by molar-refractivity contribution is -0.145. The lowest BCUT2D eigenvalue weighted by Gasteiger charge is -2.27. The van der Waals surface area contributed by atoms with Gasteiger partial charge in [0.25, 0.3) is 0 Å². The Bertz CT molecular complexity index is 668. The van der Waals surface area contributed by atoms with Crippen LogP contribution < -0.4 is 21.7 Å². The summed E-state index contributed by atoms with van der Waals surface area (Å²) >= 11 is 0. The lowest BCUT2D eigenvalue weighted by atomic mass is 9.98. The van der Waals surface area contributed by atoms with E-state index >= 15 is 0 Å². The fraction of sp³-hybridized carbons (Fsp3) is 0.722. The van der Waals surface area contributed by atoms with E-state index in [9.17, 15) is 39.3 Å². The van der Waals surface area contributed by atoms with Gasteiger partial charge in [0, 0.05) is 0 Å². The maximum Gasteiger partial charge on any atom is 0.326 e. The Balaban J connectivity index is 5.50. The van der Waals surface area contributed by atoms with Crippen molar-refractivity contribution in [2.24, 2.45) is 11.7 Å². The van der Waals surface area contributed by atoms with E-state index in [1.165, 1.54) is 6.92 Å². The number of carbonyl (C=O) groups is 5. The van der Waals surface area contributed by atoms with Gasteiger partial charge in [-0.05, 0) is 19.8 Å². The van der Waals surface area contributed by atoms with Gasteiger partial charge >= 0.3 is 11.9 Å². The van der Waals surface area contributed by atoms with Crippen molar-refractivity contribution in [3.63, 3.8) is 0 Å². The van der Waals surface area contributed by atoms with Gasteiger partial charge in [0.05, 0.1) is 18.6 Å². The maximum atomic E-state index is 12.5. The number of carboxylic acids is 2. The monoisotopic (exact) mass is 448 g/mol. The van der Waals surface area contributed by atoms with Crippen LogP contribution in [-0.4, -0.2) is 86.5 Å². The summed E-state index contributed by atoms with van der Waals surface area (Å²) in [5.74, 6) is -6.33. The smallest absolute Gasteiger partial charge is 0.326 e. The second-order valence-electron chi connectivity index (χ2n) is 7.36. The zero-order chi connectivity index (χ0) is 24.5. The van der Waals surface area contributed by atoms with Gasteiger partial charge in [0.2, 0.25) is 17.7 Å². The molecule has 0 fully saturated rings. The van der Waals surface area contributed by atoms with Crippen molar-refractivity contribution in [1.82, 2.24) is 16.0 Å². The van der Waals surface area contributed by atoms with Crippen LogP contribution in [0.25, 0.3) is 0 Å². The molecule has 0 aromatic rings. The molecule has 0 saturated heterocycles. The van der Waals surface area contributed by atoms with E-state index in [0.29, 0.717) is 6.42 Å². The second-order valence-corrected chi connectivity index (χ2v) is 7.36. The molecule has 0 aliphatic rings. The minimum Gasteiger partial charge on any atom is -0.481 e. The van der Waals surface area contributed by atoms with Gasteiger partial charge in [0.1, 0.15) is 24.2 Å². The van der Waals surface area contributed by atoms with Crippen molar-refractivity contribution in [3.8, 4) is 0 Å². The van der Waals surface area contributed by atoms with Crippen LogP contribution in [0.15, 0.2) is 0 Å². The van der Waals surface area contributed by atoms with E-state index in [2.05, 4.69) is 16.0 Å².